The average molecular weight is 428 g/mol. The van der Waals surface area contributed by atoms with Crippen molar-refractivity contribution in [1.29, 1.82) is 5.26 Å². The van der Waals surface area contributed by atoms with Crippen LogP contribution in [0.2, 0.25) is 18.1 Å². The second-order valence-corrected chi connectivity index (χ2v) is 15.2. The Kier molecular flexibility index (Phi) is 7.11. The lowest BCUT2D eigenvalue weighted by atomic mass is 10.0. The first-order chi connectivity index (χ1) is 14.1. The molecule has 164 valence electrons. The van der Waals surface area contributed by atoms with Crippen LogP contribution in [0.15, 0.2) is 35.9 Å². The summed E-state index contributed by atoms with van der Waals surface area (Å²) in [5.74, 6) is 2.15. The second kappa shape index (κ2) is 9.26. The van der Waals surface area contributed by atoms with Crippen molar-refractivity contribution in [2.75, 3.05) is 13.7 Å². The smallest absolute Gasteiger partial charge is 0.192 e. The summed E-state index contributed by atoms with van der Waals surface area (Å²) in [6.45, 7) is 11.9. The highest BCUT2D eigenvalue weighted by molar-refractivity contribution is 6.74. The molecule has 0 heterocycles. The van der Waals surface area contributed by atoms with Crippen LogP contribution in [0.25, 0.3) is 0 Å². The molecule has 1 aromatic rings. The van der Waals surface area contributed by atoms with E-state index >= 15 is 0 Å². The first kappa shape index (κ1) is 23.1. The fourth-order valence-corrected chi connectivity index (χ4v) is 5.60. The fourth-order valence-electron chi connectivity index (χ4n) is 4.60. The van der Waals surface area contributed by atoms with Crippen molar-refractivity contribution in [1.82, 2.24) is 0 Å². The number of benzene rings is 1. The molecular weight excluding hydrogens is 390 g/mol. The number of nitrogens with zero attached hydrogens (tertiary/aromatic N) is 1. The Hall–Kier alpha value is -1.61. The average Bonchev–Trinajstić information content (AvgIpc) is 3.22. The van der Waals surface area contributed by atoms with Crippen molar-refractivity contribution in [3.63, 3.8) is 0 Å². The zero-order valence-electron chi connectivity index (χ0n) is 19.4. The number of rotatable bonds is 7. The predicted molar refractivity (Wildman–Crippen MR) is 123 cm³/mol. The van der Waals surface area contributed by atoms with Gasteiger partial charge in [-0.3, -0.25) is 0 Å². The van der Waals surface area contributed by atoms with Gasteiger partial charge in [0.25, 0.3) is 0 Å². The molecule has 2 aliphatic carbocycles. The van der Waals surface area contributed by atoms with Crippen molar-refractivity contribution < 1.29 is 13.9 Å². The summed E-state index contributed by atoms with van der Waals surface area (Å²) in [5, 5.41) is 9.10. The molecule has 0 spiro atoms. The molecule has 0 radical (unpaired) electrons. The highest BCUT2D eigenvalue weighted by atomic mass is 28.4. The quantitative estimate of drug-likeness (QED) is 0.372. The van der Waals surface area contributed by atoms with E-state index in [1.54, 1.807) is 13.2 Å². The molecular formula is C25H37NO3Si. The van der Waals surface area contributed by atoms with Gasteiger partial charge in [-0.25, -0.2) is 0 Å². The van der Waals surface area contributed by atoms with Crippen LogP contribution in [0.5, 0.6) is 5.75 Å². The van der Waals surface area contributed by atoms with Crippen LogP contribution in [0.1, 0.15) is 58.1 Å². The summed E-state index contributed by atoms with van der Waals surface area (Å²) in [6, 6.07) is 10.3. The molecule has 2 fully saturated rings. The van der Waals surface area contributed by atoms with Crippen molar-refractivity contribution in [3.8, 4) is 11.8 Å². The first-order valence-electron chi connectivity index (χ1n) is 11.1. The summed E-state index contributed by atoms with van der Waals surface area (Å²) < 4.78 is 18.9. The molecule has 1 aromatic carbocycles. The molecule has 2 aliphatic rings. The van der Waals surface area contributed by atoms with E-state index in [2.05, 4.69) is 46.0 Å². The minimum Gasteiger partial charge on any atom is -0.496 e. The zero-order valence-corrected chi connectivity index (χ0v) is 20.4. The standard InChI is InChI=1S/C25H37NO3Si/c1-25(2,3)30(5,6)28-17-24(22-9-7-8-10-23(22)27-4)29-21-15-19-13-18(11-12-26)14-20(19)16-21/h7-11,19-21,24H,13-17H2,1-6H3/t19-,20+,21?,24?. The molecule has 0 N–H and O–H groups in total. The van der Waals surface area contributed by atoms with Crippen LogP contribution in [0, 0.1) is 23.2 Å². The largest absolute Gasteiger partial charge is 0.496 e. The lowest BCUT2D eigenvalue weighted by molar-refractivity contribution is -0.0387. The van der Waals surface area contributed by atoms with Gasteiger partial charge in [-0.1, -0.05) is 44.5 Å². The minimum atomic E-state index is -1.88. The lowest BCUT2D eigenvalue weighted by Gasteiger charge is -2.37. The maximum Gasteiger partial charge on any atom is 0.192 e. The van der Waals surface area contributed by atoms with E-state index in [1.165, 1.54) is 5.57 Å². The number of fused-ring (bicyclic) bond motifs is 1. The molecule has 2 unspecified atom stereocenters. The Bertz CT molecular complexity index is 789. The molecule has 4 nitrogen and oxygen atoms in total. The predicted octanol–water partition coefficient (Wildman–Crippen LogP) is 6.41. The van der Waals surface area contributed by atoms with Gasteiger partial charge in [0.1, 0.15) is 11.9 Å². The molecule has 0 bridgehead atoms. The van der Waals surface area contributed by atoms with E-state index in [9.17, 15) is 0 Å². The maximum atomic E-state index is 8.94. The molecule has 30 heavy (non-hydrogen) atoms. The van der Waals surface area contributed by atoms with Gasteiger partial charge in [0.2, 0.25) is 0 Å². The molecule has 0 aromatic heterocycles. The third-order valence-electron chi connectivity index (χ3n) is 7.36. The van der Waals surface area contributed by atoms with Gasteiger partial charge in [-0.2, -0.15) is 5.26 Å². The van der Waals surface area contributed by atoms with Gasteiger partial charge in [0, 0.05) is 11.6 Å². The van der Waals surface area contributed by atoms with Crippen LogP contribution in [-0.2, 0) is 9.16 Å². The first-order valence-corrected chi connectivity index (χ1v) is 14.0. The number of nitriles is 1. The highest BCUT2D eigenvalue weighted by Crippen LogP contribution is 2.48. The van der Waals surface area contributed by atoms with Gasteiger partial charge >= 0.3 is 0 Å². The fraction of sp³-hybridized carbons (Fsp3) is 0.640. The summed E-state index contributed by atoms with van der Waals surface area (Å²) in [7, 11) is -0.168. The third kappa shape index (κ3) is 5.16. The van der Waals surface area contributed by atoms with Crippen molar-refractivity contribution >= 4 is 8.32 Å². The Morgan fingerprint density at radius 2 is 1.80 bits per heavy atom. The number of hydrogen-bond donors (Lipinski definition) is 0. The highest BCUT2D eigenvalue weighted by Gasteiger charge is 2.42. The number of ether oxygens (including phenoxy) is 2. The summed E-state index contributed by atoms with van der Waals surface area (Å²) in [4.78, 5) is 0. The number of para-hydroxylation sites is 1. The Morgan fingerprint density at radius 1 is 1.17 bits per heavy atom. The van der Waals surface area contributed by atoms with Crippen molar-refractivity contribution in [2.45, 2.75) is 76.8 Å². The van der Waals surface area contributed by atoms with Gasteiger partial charge in [-0.05, 0) is 61.7 Å². The van der Waals surface area contributed by atoms with E-state index in [-0.39, 0.29) is 17.2 Å². The van der Waals surface area contributed by atoms with E-state index < -0.39 is 8.32 Å². The number of allylic oxidation sites excluding steroid dienone is 2. The SMILES string of the molecule is COc1ccccc1C(CO[Si](C)(C)C(C)(C)C)OC1C[C@H]2CC(=CC#N)C[C@H]2C1. The monoisotopic (exact) mass is 427 g/mol. The van der Waals surface area contributed by atoms with Gasteiger partial charge in [-0.15, -0.1) is 0 Å². The summed E-state index contributed by atoms with van der Waals surface area (Å²) >= 11 is 0. The van der Waals surface area contributed by atoms with Crippen LogP contribution in [0.3, 0.4) is 0 Å². The summed E-state index contributed by atoms with van der Waals surface area (Å²) in [5.41, 5.74) is 2.38. The van der Waals surface area contributed by atoms with E-state index in [0.29, 0.717) is 18.4 Å². The van der Waals surface area contributed by atoms with Crippen molar-refractivity contribution in [3.05, 3.63) is 41.5 Å². The maximum absolute atomic E-state index is 8.94. The molecule has 0 aliphatic heterocycles. The number of methoxy groups -OCH3 is 1. The second-order valence-electron chi connectivity index (χ2n) is 10.4. The molecule has 4 atom stereocenters. The lowest BCUT2D eigenvalue weighted by Crippen LogP contribution is -2.42. The van der Waals surface area contributed by atoms with Gasteiger partial charge in [0.05, 0.1) is 25.9 Å². The Labute approximate surface area is 183 Å². The zero-order chi connectivity index (χ0) is 21.9. The number of hydrogen-bond acceptors (Lipinski definition) is 4. The minimum absolute atomic E-state index is 0.131. The molecule has 0 amide bonds. The summed E-state index contributed by atoms with van der Waals surface area (Å²) in [6.07, 6.45) is 6.10. The van der Waals surface area contributed by atoms with E-state index in [0.717, 1.165) is 37.0 Å². The van der Waals surface area contributed by atoms with Crippen molar-refractivity contribution in [2.24, 2.45) is 11.8 Å². The molecule has 5 heteroatoms. The third-order valence-corrected chi connectivity index (χ3v) is 11.9. The van der Waals surface area contributed by atoms with E-state index in [1.807, 2.05) is 18.2 Å². The van der Waals surface area contributed by atoms with Crippen LogP contribution in [-0.4, -0.2) is 28.1 Å². The van der Waals surface area contributed by atoms with Gasteiger partial charge in [0.15, 0.2) is 8.32 Å². The topological polar surface area (TPSA) is 51.5 Å². The van der Waals surface area contributed by atoms with Crippen LogP contribution in [0.4, 0.5) is 0 Å². The van der Waals surface area contributed by atoms with Crippen LogP contribution < -0.4 is 4.74 Å². The normalized spacial score (nSPS) is 26.4. The molecule has 0 saturated heterocycles. The molecule has 3 rings (SSSR count). The Morgan fingerprint density at radius 3 is 2.37 bits per heavy atom. The van der Waals surface area contributed by atoms with Gasteiger partial charge < -0.3 is 13.9 Å². The van der Waals surface area contributed by atoms with Crippen LogP contribution >= 0.6 is 0 Å². The molecule has 2 saturated carbocycles. The Balaban J connectivity index is 1.73. The van der Waals surface area contributed by atoms with E-state index in [4.69, 9.17) is 19.2 Å².